The van der Waals surface area contributed by atoms with Crippen molar-refractivity contribution in [3.8, 4) is 0 Å². The molecule has 1 spiro atoms. The molecule has 0 aromatic heterocycles. The van der Waals surface area contributed by atoms with Crippen molar-refractivity contribution >= 4 is 56.2 Å². The second kappa shape index (κ2) is 10.4. The van der Waals surface area contributed by atoms with Gasteiger partial charge in [-0.3, -0.25) is 9.59 Å². The molecule has 3 aromatic carbocycles. The molecule has 3 N–H and O–H groups in total. The van der Waals surface area contributed by atoms with Crippen LogP contribution in [0, 0.1) is 11.2 Å². The Morgan fingerprint density at radius 2 is 1.76 bits per heavy atom. The van der Waals surface area contributed by atoms with Gasteiger partial charge >= 0.3 is 0 Å². The first-order valence-corrected chi connectivity index (χ1v) is 15.7. The number of hydrogen-bond acceptors (Lipinski definition) is 5. The number of carbonyl (C=O) groups is 2. The predicted octanol–water partition coefficient (Wildman–Crippen LogP) is 5.93. The van der Waals surface area contributed by atoms with Crippen molar-refractivity contribution in [3.05, 3.63) is 87.7 Å². The van der Waals surface area contributed by atoms with Gasteiger partial charge < -0.3 is 16.0 Å². The highest BCUT2D eigenvalue weighted by atomic mass is 35.5. The number of halogens is 3. The average Bonchev–Trinajstić information content (AvgIpc) is 3.34. The van der Waals surface area contributed by atoms with Gasteiger partial charge in [-0.05, 0) is 65.4 Å². The van der Waals surface area contributed by atoms with Crippen molar-refractivity contribution in [2.75, 3.05) is 16.9 Å². The maximum absolute atomic E-state index is 15.8. The summed E-state index contributed by atoms with van der Waals surface area (Å²) in [6.45, 7) is 6.09. The molecule has 4 atom stereocenters. The van der Waals surface area contributed by atoms with Crippen LogP contribution in [0.4, 0.5) is 15.8 Å². The molecular weight excluding hydrogens is 588 g/mol. The number of nitrogens with one attached hydrogen (secondary N) is 3. The molecule has 1 fully saturated rings. The van der Waals surface area contributed by atoms with Gasteiger partial charge in [0.05, 0.1) is 16.0 Å². The minimum absolute atomic E-state index is 0.107. The number of anilines is 2. The monoisotopic (exact) mass is 617 g/mol. The second-order valence-electron chi connectivity index (χ2n) is 11.9. The molecule has 0 bridgehead atoms. The molecule has 0 radical (unpaired) electrons. The lowest BCUT2D eigenvalue weighted by molar-refractivity contribution is -0.122. The van der Waals surface area contributed by atoms with Crippen LogP contribution in [0.15, 0.2) is 65.6 Å². The fourth-order valence-electron chi connectivity index (χ4n) is 6.16. The summed E-state index contributed by atoms with van der Waals surface area (Å²) in [6, 6.07) is 13.8. The van der Waals surface area contributed by atoms with Gasteiger partial charge in [0.15, 0.2) is 9.84 Å². The van der Waals surface area contributed by atoms with E-state index in [-0.39, 0.29) is 26.8 Å². The Labute approximate surface area is 248 Å². The van der Waals surface area contributed by atoms with E-state index in [0.717, 1.165) is 6.26 Å². The number of hydrogen-bond donors (Lipinski definition) is 3. The van der Waals surface area contributed by atoms with E-state index < -0.39 is 45.0 Å². The molecule has 5 rings (SSSR count). The standard InChI is InChI=1S/C30H30Cl2FN3O4S/c1-29(2,3)15-23-30(20-13-8-16(31)14-22(20)35-28(30)38)24(19-6-5-7-21(32)25(19)33)26(36-23)27(37)34-17-9-11-18(12-10-17)41(4,39)40/h5-14,23-24,26,36H,15H2,1-4H3,(H,34,37)(H,35,38). The summed E-state index contributed by atoms with van der Waals surface area (Å²) < 4.78 is 39.6. The number of fused-ring (bicyclic) bond motifs is 2. The zero-order valence-corrected chi connectivity index (χ0v) is 25.2. The van der Waals surface area contributed by atoms with Crippen LogP contribution in [0.5, 0.6) is 0 Å². The minimum Gasteiger partial charge on any atom is -0.325 e. The zero-order chi connectivity index (χ0) is 29.9. The molecule has 2 heterocycles. The molecule has 4 unspecified atom stereocenters. The van der Waals surface area contributed by atoms with Gasteiger partial charge in [0.25, 0.3) is 0 Å². The van der Waals surface area contributed by atoms with Crippen LogP contribution >= 0.6 is 23.2 Å². The second-order valence-corrected chi connectivity index (χ2v) is 14.7. The molecule has 216 valence electrons. The summed E-state index contributed by atoms with van der Waals surface area (Å²) in [5.74, 6) is -2.57. The number of benzene rings is 3. The van der Waals surface area contributed by atoms with E-state index in [1.165, 1.54) is 30.3 Å². The molecule has 2 aliphatic heterocycles. The zero-order valence-electron chi connectivity index (χ0n) is 22.9. The van der Waals surface area contributed by atoms with Crippen LogP contribution < -0.4 is 16.0 Å². The fraction of sp³-hybridized carbons (Fsp3) is 0.333. The van der Waals surface area contributed by atoms with E-state index in [4.69, 9.17) is 23.2 Å². The van der Waals surface area contributed by atoms with Crippen LogP contribution in [0.1, 0.15) is 44.2 Å². The molecular formula is C30H30Cl2FN3O4S. The summed E-state index contributed by atoms with van der Waals surface area (Å²) in [4.78, 5) is 28.3. The normalized spacial score (nSPS) is 23.9. The van der Waals surface area contributed by atoms with Crippen molar-refractivity contribution in [2.24, 2.45) is 5.41 Å². The van der Waals surface area contributed by atoms with Crippen LogP contribution in [0.25, 0.3) is 0 Å². The number of rotatable bonds is 5. The van der Waals surface area contributed by atoms with Crippen molar-refractivity contribution in [1.29, 1.82) is 0 Å². The van der Waals surface area contributed by atoms with Crippen LogP contribution in [0.3, 0.4) is 0 Å². The molecule has 41 heavy (non-hydrogen) atoms. The number of carbonyl (C=O) groups excluding carboxylic acids is 2. The van der Waals surface area contributed by atoms with Gasteiger partial charge in [-0.15, -0.1) is 0 Å². The van der Waals surface area contributed by atoms with E-state index in [1.807, 2.05) is 20.8 Å². The summed E-state index contributed by atoms with van der Waals surface area (Å²) in [5, 5.41) is 9.48. The lowest BCUT2D eigenvalue weighted by atomic mass is 9.62. The Balaban J connectivity index is 1.68. The molecule has 0 aliphatic carbocycles. The van der Waals surface area contributed by atoms with Gasteiger partial charge in [0.1, 0.15) is 11.2 Å². The van der Waals surface area contributed by atoms with Crippen molar-refractivity contribution < 1.29 is 22.4 Å². The third kappa shape index (κ3) is 5.25. The molecule has 0 saturated carbocycles. The van der Waals surface area contributed by atoms with Gasteiger partial charge in [0, 0.05) is 34.6 Å². The SMILES string of the molecule is CC(C)(C)CC1NC(C(=O)Nc2ccc(S(C)(=O)=O)cc2)C(c2cccc(Cl)c2F)C12C(=O)Nc1cc(Cl)ccc12. The summed E-state index contributed by atoms with van der Waals surface area (Å²) in [7, 11) is -3.43. The van der Waals surface area contributed by atoms with E-state index in [9.17, 15) is 18.0 Å². The highest BCUT2D eigenvalue weighted by Crippen LogP contribution is 2.57. The van der Waals surface area contributed by atoms with Crippen molar-refractivity contribution in [2.45, 2.75) is 55.5 Å². The lowest BCUT2D eigenvalue weighted by Crippen LogP contribution is -2.49. The van der Waals surface area contributed by atoms with Crippen LogP contribution in [-0.2, 0) is 24.8 Å². The predicted molar refractivity (Wildman–Crippen MR) is 159 cm³/mol. The van der Waals surface area contributed by atoms with E-state index >= 15 is 4.39 Å². The highest BCUT2D eigenvalue weighted by molar-refractivity contribution is 7.90. The van der Waals surface area contributed by atoms with Gasteiger partial charge in [-0.1, -0.05) is 62.2 Å². The average molecular weight is 619 g/mol. The minimum atomic E-state index is -3.43. The Kier molecular flexibility index (Phi) is 7.47. The third-order valence-corrected chi connectivity index (χ3v) is 9.43. The molecule has 2 amide bonds. The Morgan fingerprint density at radius 3 is 2.39 bits per heavy atom. The van der Waals surface area contributed by atoms with Gasteiger partial charge in [-0.2, -0.15) is 0 Å². The Hall–Kier alpha value is -2.98. The molecule has 1 saturated heterocycles. The van der Waals surface area contributed by atoms with E-state index in [0.29, 0.717) is 28.4 Å². The van der Waals surface area contributed by atoms with Gasteiger partial charge in [0.2, 0.25) is 11.8 Å². The Bertz CT molecular complexity index is 1660. The maximum Gasteiger partial charge on any atom is 0.242 e. The van der Waals surface area contributed by atoms with E-state index in [1.54, 1.807) is 30.3 Å². The largest absolute Gasteiger partial charge is 0.325 e. The number of amides is 2. The number of sulfone groups is 1. The maximum atomic E-state index is 15.8. The quantitative estimate of drug-likeness (QED) is 0.329. The van der Waals surface area contributed by atoms with Crippen molar-refractivity contribution in [3.63, 3.8) is 0 Å². The first-order valence-electron chi connectivity index (χ1n) is 13.1. The highest BCUT2D eigenvalue weighted by Gasteiger charge is 2.66. The first kappa shape index (κ1) is 29.5. The molecule has 7 nitrogen and oxygen atoms in total. The summed E-state index contributed by atoms with van der Waals surface area (Å²) >= 11 is 12.5. The Morgan fingerprint density at radius 1 is 1.07 bits per heavy atom. The summed E-state index contributed by atoms with van der Waals surface area (Å²) in [6.07, 6.45) is 1.58. The van der Waals surface area contributed by atoms with Gasteiger partial charge in [-0.25, -0.2) is 12.8 Å². The molecule has 3 aromatic rings. The van der Waals surface area contributed by atoms with Crippen LogP contribution in [0.2, 0.25) is 10.0 Å². The first-order chi connectivity index (χ1) is 19.1. The summed E-state index contributed by atoms with van der Waals surface area (Å²) in [5.41, 5.74) is -0.0395. The van der Waals surface area contributed by atoms with Crippen molar-refractivity contribution in [1.82, 2.24) is 5.32 Å². The smallest absolute Gasteiger partial charge is 0.242 e. The topological polar surface area (TPSA) is 104 Å². The molecule has 11 heteroatoms. The van der Waals surface area contributed by atoms with E-state index in [2.05, 4.69) is 16.0 Å². The fourth-order valence-corrected chi connectivity index (χ4v) is 7.14. The third-order valence-electron chi connectivity index (χ3n) is 7.77. The van der Waals surface area contributed by atoms with Crippen LogP contribution in [-0.4, -0.2) is 38.6 Å². The lowest BCUT2D eigenvalue weighted by Gasteiger charge is -2.37. The molecule has 2 aliphatic rings.